The lowest BCUT2D eigenvalue weighted by atomic mass is 9.97. The monoisotopic (exact) mass is 496 g/mol. The molecule has 0 aliphatic carbocycles. The second-order valence-corrected chi connectivity index (χ2v) is 9.09. The molecule has 2 aromatic carbocycles. The number of rotatable bonds is 9. The van der Waals surface area contributed by atoms with Crippen LogP contribution in [0.3, 0.4) is 0 Å². The van der Waals surface area contributed by atoms with Gasteiger partial charge < -0.3 is 15.5 Å². The molecule has 7 nitrogen and oxygen atoms in total. The van der Waals surface area contributed by atoms with Gasteiger partial charge in [-0.3, -0.25) is 19.4 Å². The fourth-order valence-electron chi connectivity index (χ4n) is 4.48. The van der Waals surface area contributed by atoms with Gasteiger partial charge >= 0.3 is 0 Å². The van der Waals surface area contributed by atoms with E-state index < -0.39 is 6.04 Å². The van der Waals surface area contributed by atoms with E-state index in [4.69, 9.17) is 0 Å². The van der Waals surface area contributed by atoms with Crippen molar-refractivity contribution in [2.75, 3.05) is 11.9 Å². The van der Waals surface area contributed by atoms with Gasteiger partial charge in [0, 0.05) is 43.0 Å². The van der Waals surface area contributed by atoms with E-state index in [1.165, 1.54) is 0 Å². The molecule has 1 aliphatic rings. The molecule has 1 aliphatic heterocycles. The molecule has 7 heteroatoms. The van der Waals surface area contributed by atoms with Crippen molar-refractivity contribution in [3.63, 3.8) is 0 Å². The quantitative estimate of drug-likeness (QED) is 0.421. The summed E-state index contributed by atoms with van der Waals surface area (Å²) >= 11 is 0. The van der Waals surface area contributed by atoms with Crippen LogP contribution in [0.15, 0.2) is 91.3 Å². The molecule has 2 atom stereocenters. The first-order valence-corrected chi connectivity index (χ1v) is 12.6. The fourth-order valence-corrected chi connectivity index (χ4v) is 4.48. The highest BCUT2D eigenvalue weighted by atomic mass is 16.2. The third-order valence-electron chi connectivity index (χ3n) is 6.33. The van der Waals surface area contributed by atoms with E-state index in [9.17, 15) is 14.4 Å². The van der Waals surface area contributed by atoms with Crippen LogP contribution in [-0.2, 0) is 16.0 Å². The largest absolute Gasteiger partial charge is 0.340 e. The third-order valence-corrected chi connectivity index (χ3v) is 6.33. The molecular formula is C30H32N4O3. The van der Waals surface area contributed by atoms with E-state index in [2.05, 4.69) is 21.7 Å². The Morgan fingerprint density at radius 2 is 1.86 bits per heavy atom. The highest BCUT2D eigenvalue weighted by Crippen LogP contribution is 2.28. The van der Waals surface area contributed by atoms with Crippen LogP contribution < -0.4 is 10.6 Å². The summed E-state index contributed by atoms with van der Waals surface area (Å²) in [6.07, 6.45) is 9.74. The minimum absolute atomic E-state index is 0.100. The molecule has 1 aromatic heterocycles. The topological polar surface area (TPSA) is 91.4 Å². The van der Waals surface area contributed by atoms with Gasteiger partial charge in [-0.15, -0.1) is 0 Å². The van der Waals surface area contributed by atoms with Gasteiger partial charge in [-0.1, -0.05) is 61.5 Å². The van der Waals surface area contributed by atoms with Gasteiger partial charge in [0.25, 0.3) is 5.91 Å². The highest BCUT2D eigenvalue weighted by Gasteiger charge is 2.32. The summed E-state index contributed by atoms with van der Waals surface area (Å²) in [6.45, 7) is 2.39. The summed E-state index contributed by atoms with van der Waals surface area (Å²) < 4.78 is 0. The predicted octanol–water partition coefficient (Wildman–Crippen LogP) is 4.69. The van der Waals surface area contributed by atoms with Crippen molar-refractivity contribution >= 4 is 23.4 Å². The number of carbonyl (C=O) groups is 3. The molecule has 190 valence electrons. The third kappa shape index (κ3) is 6.91. The van der Waals surface area contributed by atoms with Crippen LogP contribution in [0, 0.1) is 0 Å². The van der Waals surface area contributed by atoms with Crippen molar-refractivity contribution in [2.45, 2.75) is 44.7 Å². The maximum absolute atomic E-state index is 13.9. The fraction of sp³-hybridized carbons (Fsp3) is 0.267. The van der Waals surface area contributed by atoms with E-state index in [-0.39, 0.29) is 23.8 Å². The van der Waals surface area contributed by atoms with Crippen molar-refractivity contribution in [1.29, 1.82) is 0 Å². The normalized spacial score (nSPS) is 15.6. The number of benzene rings is 2. The van der Waals surface area contributed by atoms with Crippen LogP contribution in [0.25, 0.3) is 0 Å². The number of amides is 3. The number of nitrogens with one attached hydrogen (secondary N) is 2. The van der Waals surface area contributed by atoms with Crippen LogP contribution in [0.2, 0.25) is 0 Å². The summed E-state index contributed by atoms with van der Waals surface area (Å²) in [5.74, 6) is -0.619. The number of nitrogens with zero attached hydrogens (tertiary/aromatic N) is 2. The minimum atomic E-state index is -0.765. The Labute approximate surface area is 217 Å². The van der Waals surface area contributed by atoms with Crippen molar-refractivity contribution in [3.8, 4) is 0 Å². The highest BCUT2D eigenvalue weighted by molar-refractivity contribution is 5.99. The summed E-state index contributed by atoms with van der Waals surface area (Å²) in [5.41, 5.74) is 2.84. The van der Waals surface area contributed by atoms with Gasteiger partial charge in [0.15, 0.2) is 0 Å². The Morgan fingerprint density at radius 3 is 2.62 bits per heavy atom. The molecule has 4 rings (SSSR count). The Hall–Kier alpha value is -4.26. The molecule has 2 unspecified atom stereocenters. The van der Waals surface area contributed by atoms with Crippen LogP contribution in [0.5, 0.6) is 0 Å². The number of hydrogen-bond donors (Lipinski definition) is 2. The van der Waals surface area contributed by atoms with Crippen molar-refractivity contribution in [3.05, 3.63) is 108 Å². The molecule has 3 amide bonds. The van der Waals surface area contributed by atoms with Gasteiger partial charge in [-0.2, -0.15) is 0 Å². The predicted molar refractivity (Wildman–Crippen MR) is 144 cm³/mol. The maximum atomic E-state index is 13.9. The van der Waals surface area contributed by atoms with Gasteiger partial charge in [0.05, 0.1) is 6.04 Å². The van der Waals surface area contributed by atoms with E-state index in [1.807, 2.05) is 60.4 Å². The zero-order valence-corrected chi connectivity index (χ0v) is 21.0. The molecule has 37 heavy (non-hydrogen) atoms. The lowest BCUT2D eigenvalue weighted by Gasteiger charge is -2.36. The number of carbonyl (C=O) groups excluding carboxylic acids is 3. The molecule has 2 heterocycles. The van der Waals surface area contributed by atoms with Gasteiger partial charge in [-0.25, -0.2) is 0 Å². The van der Waals surface area contributed by atoms with Crippen LogP contribution in [0.1, 0.15) is 53.7 Å². The molecule has 0 saturated carbocycles. The van der Waals surface area contributed by atoms with Crippen LogP contribution in [0.4, 0.5) is 5.69 Å². The van der Waals surface area contributed by atoms with Gasteiger partial charge in [0.2, 0.25) is 11.8 Å². The lowest BCUT2D eigenvalue weighted by molar-refractivity contribution is -0.135. The Balaban J connectivity index is 1.57. The molecule has 0 spiro atoms. The summed E-state index contributed by atoms with van der Waals surface area (Å²) in [6, 6.07) is 19.4. The molecule has 0 bridgehead atoms. The number of hydrogen-bond acceptors (Lipinski definition) is 4. The molecule has 0 radical (unpaired) electrons. The second-order valence-electron chi connectivity index (χ2n) is 9.09. The lowest BCUT2D eigenvalue weighted by Crippen LogP contribution is -2.51. The Morgan fingerprint density at radius 1 is 1.03 bits per heavy atom. The average molecular weight is 497 g/mol. The van der Waals surface area contributed by atoms with Gasteiger partial charge in [-0.05, 0) is 48.2 Å². The Bertz CT molecular complexity index is 1240. The SMILES string of the molecule is CCCC(=O)Nc1cccc(C(=O)NC(Cc2ccccc2)C(=O)N2CC=CCC2c2cccnc2)c1. The van der Waals surface area contributed by atoms with Crippen LogP contribution >= 0.6 is 0 Å². The zero-order valence-electron chi connectivity index (χ0n) is 21.0. The minimum Gasteiger partial charge on any atom is -0.340 e. The summed E-state index contributed by atoms with van der Waals surface area (Å²) in [4.78, 5) is 45.3. The standard InChI is InChI=1S/C30H32N4O3/c1-2-10-28(35)32-25-15-8-13-23(20-25)29(36)33-26(19-22-11-4-3-5-12-22)30(37)34-18-7-6-16-27(34)24-14-9-17-31-21-24/h3-9,11-15,17,20-21,26-27H,2,10,16,18-19H2,1H3,(H,32,35)(H,33,36). The number of aromatic nitrogens is 1. The summed E-state index contributed by atoms with van der Waals surface area (Å²) in [5, 5.41) is 5.80. The number of anilines is 1. The second kappa shape index (κ2) is 12.6. The molecule has 0 saturated heterocycles. The van der Waals surface area contributed by atoms with Crippen molar-refractivity contribution in [2.24, 2.45) is 0 Å². The molecule has 2 N–H and O–H groups in total. The molecular weight excluding hydrogens is 464 g/mol. The van der Waals surface area contributed by atoms with E-state index in [1.54, 1.807) is 36.7 Å². The van der Waals surface area contributed by atoms with E-state index in [0.717, 1.165) is 17.5 Å². The zero-order chi connectivity index (χ0) is 26.0. The Kier molecular flexibility index (Phi) is 8.81. The number of pyridine rings is 1. The van der Waals surface area contributed by atoms with Gasteiger partial charge in [0.1, 0.15) is 6.04 Å². The smallest absolute Gasteiger partial charge is 0.252 e. The van der Waals surface area contributed by atoms with Crippen molar-refractivity contribution in [1.82, 2.24) is 15.2 Å². The first-order chi connectivity index (χ1) is 18.0. The summed E-state index contributed by atoms with van der Waals surface area (Å²) in [7, 11) is 0. The van der Waals surface area contributed by atoms with Crippen LogP contribution in [-0.4, -0.2) is 40.2 Å². The van der Waals surface area contributed by atoms with Crippen molar-refractivity contribution < 1.29 is 14.4 Å². The van der Waals surface area contributed by atoms with E-state index in [0.29, 0.717) is 37.1 Å². The maximum Gasteiger partial charge on any atom is 0.252 e. The molecule has 0 fully saturated rings. The first kappa shape index (κ1) is 25.8. The first-order valence-electron chi connectivity index (χ1n) is 12.6. The van der Waals surface area contributed by atoms with E-state index >= 15 is 0 Å². The average Bonchev–Trinajstić information content (AvgIpc) is 2.93. The molecule has 3 aromatic rings.